The highest BCUT2D eigenvalue weighted by atomic mass is 19.4. The van der Waals surface area contributed by atoms with Crippen LogP contribution >= 0.6 is 0 Å². The molecule has 3 rings (SSSR count). The summed E-state index contributed by atoms with van der Waals surface area (Å²) in [6.45, 7) is -0.571. The number of methoxy groups -OCH3 is 1. The van der Waals surface area contributed by atoms with Crippen LogP contribution in [0.5, 0.6) is 5.75 Å². The Bertz CT molecular complexity index is 675. The van der Waals surface area contributed by atoms with Crippen molar-refractivity contribution >= 4 is 11.8 Å². The number of hydrogen-bond donors (Lipinski definition) is 0. The second kappa shape index (κ2) is 6.08. The third-order valence-electron chi connectivity index (χ3n) is 4.45. The molecule has 130 valence electrons. The maximum absolute atomic E-state index is 12.5. The summed E-state index contributed by atoms with van der Waals surface area (Å²) in [4.78, 5) is 26.2. The molecule has 0 aromatic heterocycles. The van der Waals surface area contributed by atoms with E-state index in [-0.39, 0.29) is 6.42 Å². The first-order valence-corrected chi connectivity index (χ1v) is 7.59. The Balaban J connectivity index is 1.76. The molecular formula is C16H17F3N2O3. The predicted octanol–water partition coefficient (Wildman–Crippen LogP) is 1.74. The molecule has 1 fully saturated rings. The van der Waals surface area contributed by atoms with Crippen molar-refractivity contribution in [2.24, 2.45) is 0 Å². The Kier molecular flexibility index (Phi) is 4.25. The van der Waals surface area contributed by atoms with Crippen molar-refractivity contribution in [1.82, 2.24) is 9.80 Å². The number of rotatable bonds is 3. The molecule has 1 saturated heterocycles. The molecule has 2 aliphatic heterocycles. The lowest BCUT2D eigenvalue weighted by Crippen LogP contribution is -2.46. The van der Waals surface area contributed by atoms with Gasteiger partial charge >= 0.3 is 6.18 Å². The number of fused-ring (bicyclic) bond motifs is 1. The van der Waals surface area contributed by atoms with Crippen molar-refractivity contribution in [2.45, 2.75) is 31.6 Å². The predicted molar refractivity (Wildman–Crippen MR) is 78.3 cm³/mol. The number of imide groups is 1. The summed E-state index contributed by atoms with van der Waals surface area (Å²) in [5.41, 5.74) is 2.09. The van der Waals surface area contributed by atoms with Crippen molar-refractivity contribution in [3.05, 3.63) is 29.3 Å². The normalized spacial score (nSPS) is 22.0. The molecule has 0 saturated carbocycles. The first kappa shape index (κ1) is 16.8. The number of halogens is 3. The molecule has 2 aliphatic rings. The number of ether oxygens (including phenoxy) is 1. The Labute approximate surface area is 137 Å². The molecule has 0 radical (unpaired) electrons. The molecule has 5 nitrogen and oxygen atoms in total. The summed E-state index contributed by atoms with van der Waals surface area (Å²) in [5.74, 6) is -0.842. The van der Waals surface area contributed by atoms with Crippen LogP contribution in [0.25, 0.3) is 0 Å². The third kappa shape index (κ3) is 3.24. The lowest BCUT2D eigenvalue weighted by molar-refractivity contribution is -0.166. The van der Waals surface area contributed by atoms with Crippen molar-refractivity contribution in [3.63, 3.8) is 0 Å². The van der Waals surface area contributed by atoms with Crippen LogP contribution in [0.2, 0.25) is 0 Å². The van der Waals surface area contributed by atoms with Crippen LogP contribution in [0, 0.1) is 0 Å². The summed E-state index contributed by atoms with van der Waals surface area (Å²) in [7, 11) is 1.55. The van der Waals surface area contributed by atoms with Gasteiger partial charge in [-0.05, 0) is 29.7 Å². The third-order valence-corrected chi connectivity index (χ3v) is 4.45. The SMILES string of the molecule is COc1ccc2c(c1)CN([C@@H]1CC(=O)N(CC(F)(F)F)C1=O)CC2. The van der Waals surface area contributed by atoms with Gasteiger partial charge in [-0.25, -0.2) is 0 Å². The molecule has 1 atom stereocenters. The number of amides is 2. The number of alkyl halides is 3. The van der Waals surface area contributed by atoms with E-state index in [1.165, 1.54) is 0 Å². The highest BCUT2D eigenvalue weighted by Crippen LogP contribution is 2.29. The standard InChI is InChI=1S/C16H17F3N2O3/c1-24-12-3-2-10-4-5-20(8-11(10)6-12)13-7-14(22)21(15(13)23)9-16(17,18)19/h2-3,6,13H,4-5,7-9H2,1H3/t13-/m1/s1. The van der Waals surface area contributed by atoms with Crippen LogP contribution in [-0.2, 0) is 22.6 Å². The highest BCUT2D eigenvalue weighted by Gasteiger charge is 2.46. The summed E-state index contributed by atoms with van der Waals surface area (Å²) in [5, 5.41) is 0. The van der Waals surface area contributed by atoms with E-state index in [9.17, 15) is 22.8 Å². The fourth-order valence-corrected chi connectivity index (χ4v) is 3.24. The van der Waals surface area contributed by atoms with Gasteiger partial charge in [0.1, 0.15) is 12.3 Å². The van der Waals surface area contributed by atoms with Gasteiger partial charge in [0.2, 0.25) is 11.8 Å². The monoisotopic (exact) mass is 342 g/mol. The maximum atomic E-state index is 12.5. The summed E-state index contributed by atoms with van der Waals surface area (Å²) < 4.78 is 42.8. The minimum Gasteiger partial charge on any atom is -0.497 e. The number of likely N-dealkylation sites (tertiary alicyclic amines) is 1. The lowest BCUT2D eigenvalue weighted by atomic mass is 9.98. The molecule has 0 unspecified atom stereocenters. The van der Waals surface area contributed by atoms with Gasteiger partial charge in [-0.3, -0.25) is 19.4 Å². The second-order valence-electron chi connectivity index (χ2n) is 6.01. The highest BCUT2D eigenvalue weighted by molar-refractivity contribution is 6.05. The lowest BCUT2D eigenvalue weighted by Gasteiger charge is -2.32. The van der Waals surface area contributed by atoms with Gasteiger partial charge in [-0.15, -0.1) is 0 Å². The number of nitrogens with zero attached hydrogens (tertiary/aromatic N) is 2. The van der Waals surface area contributed by atoms with E-state index in [0.717, 1.165) is 11.1 Å². The van der Waals surface area contributed by atoms with Crippen LogP contribution < -0.4 is 4.74 Å². The zero-order valence-electron chi connectivity index (χ0n) is 13.1. The van der Waals surface area contributed by atoms with E-state index in [1.54, 1.807) is 12.0 Å². The van der Waals surface area contributed by atoms with Gasteiger partial charge in [0.05, 0.1) is 19.6 Å². The first-order chi connectivity index (χ1) is 11.3. The van der Waals surface area contributed by atoms with Gasteiger partial charge in [0, 0.05) is 13.1 Å². The molecule has 1 aromatic rings. The molecule has 2 heterocycles. The molecule has 2 amide bonds. The quantitative estimate of drug-likeness (QED) is 0.786. The van der Waals surface area contributed by atoms with Crippen LogP contribution in [0.1, 0.15) is 17.5 Å². The first-order valence-electron chi connectivity index (χ1n) is 7.59. The van der Waals surface area contributed by atoms with Crippen LogP contribution in [0.4, 0.5) is 13.2 Å². The van der Waals surface area contributed by atoms with E-state index in [0.29, 0.717) is 30.2 Å². The summed E-state index contributed by atoms with van der Waals surface area (Å²) in [6.07, 6.45) is -4.10. The Hall–Kier alpha value is -2.09. The van der Waals surface area contributed by atoms with Crippen molar-refractivity contribution < 1.29 is 27.5 Å². The number of hydrogen-bond acceptors (Lipinski definition) is 4. The Morgan fingerprint density at radius 1 is 1.25 bits per heavy atom. The zero-order valence-corrected chi connectivity index (χ0v) is 13.1. The van der Waals surface area contributed by atoms with Crippen LogP contribution in [0.15, 0.2) is 18.2 Å². The van der Waals surface area contributed by atoms with Crippen molar-refractivity contribution in [1.29, 1.82) is 0 Å². The van der Waals surface area contributed by atoms with Crippen molar-refractivity contribution in [3.8, 4) is 5.75 Å². The number of carbonyl (C=O) groups excluding carboxylic acids is 2. The summed E-state index contributed by atoms with van der Waals surface area (Å²) >= 11 is 0. The maximum Gasteiger partial charge on any atom is 0.406 e. The van der Waals surface area contributed by atoms with Crippen LogP contribution in [-0.4, -0.2) is 54.0 Å². The number of benzene rings is 1. The zero-order chi connectivity index (χ0) is 17.5. The van der Waals surface area contributed by atoms with Crippen LogP contribution in [0.3, 0.4) is 0 Å². The molecule has 8 heteroatoms. The Morgan fingerprint density at radius 3 is 2.67 bits per heavy atom. The molecule has 24 heavy (non-hydrogen) atoms. The van der Waals surface area contributed by atoms with Crippen molar-refractivity contribution in [2.75, 3.05) is 20.2 Å². The van der Waals surface area contributed by atoms with Gasteiger partial charge in [0.25, 0.3) is 0 Å². The van der Waals surface area contributed by atoms with Gasteiger partial charge in [-0.1, -0.05) is 6.07 Å². The molecule has 0 bridgehead atoms. The molecule has 1 aromatic carbocycles. The fraction of sp³-hybridized carbons (Fsp3) is 0.500. The average Bonchev–Trinajstić information content (AvgIpc) is 2.80. The van der Waals surface area contributed by atoms with Gasteiger partial charge in [0.15, 0.2) is 0 Å². The minimum atomic E-state index is -4.58. The molecule has 0 N–H and O–H groups in total. The molecule has 0 aliphatic carbocycles. The average molecular weight is 342 g/mol. The van der Waals surface area contributed by atoms with E-state index in [2.05, 4.69) is 0 Å². The largest absolute Gasteiger partial charge is 0.497 e. The topological polar surface area (TPSA) is 49.9 Å². The van der Waals surface area contributed by atoms with E-state index < -0.39 is 30.6 Å². The molecule has 0 spiro atoms. The smallest absolute Gasteiger partial charge is 0.406 e. The van der Waals surface area contributed by atoms with E-state index >= 15 is 0 Å². The Morgan fingerprint density at radius 2 is 2.00 bits per heavy atom. The van der Waals surface area contributed by atoms with E-state index in [4.69, 9.17) is 4.74 Å². The summed E-state index contributed by atoms with van der Waals surface area (Å²) in [6, 6.07) is 4.84. The number of carbonyl (C=O) groups is 2. The molecular weight excluding hydrogens is 325 g/mol. The van der Waals surface area contributed by atoms with E-state index in [1.807, 2.05) is 18.2 Å². The second-order valence-corrected chi connectivity index (χ2v) is 6.01. The minimum absolute atomic E-state index is 0.200. The van der Waals surface area contributed by atoms with Gasteiger partial charge < -0.3 is 4.74 Å². The van der Waals surface area contributed by atoms with Gasteiger partial charge in [-0.2, -0.15) is 13.2 Å². The fourth-order valence-electron chi connectivity index (χ4n) is 3.24.